The number of benzene rings is 1. The molecule has 0 radical (unpaired) electrons. The van der Waals surface area contributed by atoms with Crippen LogP contribution in [0.1, 0.15) is 17.5 Å². The average molecular weight is 277 g/mol. The smallest absolute Gasteiger partial charge is 0.328 e. The molecule has 0 aromatic heterocycles. The van der Waals surface area contributed by atoms with Gasteiger partial charge in [0.25, 0.3) is 0 Å². The van der Waals surface area contributed by atoms with Gasteiger partial charge in [0, 0.05) is 6.42 Å². The number of amides is 1. The van der Waals surface area contributed by atoms with Gasteiger partial charge in [-0.05, 0) is 11.1 Å². The van der Waals surface area contributed by atoms with Crippen molar-refractivity contribution in [1.29, 1.82) is 0 Å². The van der Waals surface area contributed by atoms with Gasteiger partial charge >= 0.3 is 11.9 Å². The van der Waals surface area contributed by atoms with Crippen LogP contribution in [-0.2, 0) is 32.0 Å². The third kappa shape index (κ3) is 3.81. The van der Waals surface area contributed by atoms with Gasteiger partial charge in [-0.15, -0.1) is 0 Å². The fourth-order valence-electron chi connectivity index (χ4n) is 2.01. The number of nitrogens with one attached hydrogen (secondary N) is 1. The van der Waals surface area contributed by atoms with Gasteiger partial charge in [0.15, 0.2) is 0 Å². The van der Waals surface area contributed by atoms with E-state index in [2.05, 4.69) is 5.32 Å². The summed E-state index contributed by atoms with van der Waals surface area (Å²) in [7, 11) is 0. The topological polar surface area (TPSA) is 92.7 Å². The van der Waals surface area contributed by atoms with E-state index < -0.39 is 18.0 Å². The molecule has 6 heteroatoms. The summed E-state index contributed by atoms with van der Waals surface area (Å²) in [4.78, 5) is 33.5. The Morgan fingerprint density at radius 1 is 1.20 bits per heavy atom. The normalized spacial score (nSPS) is 17.6. The highest BCUT2D eigenvalue weighted by atomic mass is 16.5. The number of rotatable bonds is 5. The molecular weight excluding hydrogens is 262 g/mol. The number of aliphatic carboxylic acids is 1. The molecule has 1 aliphatic rings. The van der Waals surface area contributed by atoms with Crippen LogP contribution in [0.2, 0.25) is 0 Å². The summed E-state index contributed by atoms with van der Waals surface area (Å²) in [5.41, 5.74) is 1.45. The summed E-state index contributed by atoms with van der Waals surface area (Å²) in [5, 5.41) is 11.3. The maximum absolute atomic E-state index is 11.8. The van der Waals surface area contributed by atoms with Crippen LogP contribution in [0.4, 0.5) is 0 Å². The lowest BCUT2D eigenvalue weighted by atomic mass is 10.1. The molecule has 1 aromatic rings. The fourth-order valence-corrected chi connectivity index (χ4v) is 2.01. The molecule has 1 aromatic carbocycles. The van der Waals surface area contributed by atoms with Gasteiger partial charge in [0.2, 0.25) is 5.91 Å². The minimum atomic E-state index is -0.893. The van der Waals surface area contributed by atoms with Gasteiger partial charge in [-0.2, -0.15) is 0 Å². The molecule has 20 heavy (non-hydrogen) atoms. The zero-order valence-corrected chi connectivity index (χ0v) is 10.8. The van der Waals surface area contributed by atoms with Crippen molar-refractivity contribution in [3.8, 4) is 0 Å². The minimum absolute atomic E-state index is 0.0413. The van der Waals surface area contributed by atoms with Crippen molar-refractivity contribution >= 4 is 17.8 Å². The molecule has 0 bridgehead atoms. The number of carbonyl (C=O) groups excluding carboxylic acids is 2. The van der Waals surface area contributed by atoms with Crippen molar-refractivity contribution < 1.29 is 24.2 Å². The maximum atomic E-state index is 11.8. The van der Waals surface area contributed by atoms with Gasteiger partial charge in [-0.1, -0.05) is 24.3 Å². The van der Waals surface area contributed by atoms with Crippen molar-refractivity contribution in [2.75, 3.05) is 6.61 Å². The Bertz CT molecular complexity index is 523. The van der Waals surface area contributed by atoms with Crippen LogP contribution in [0.3, 0.4) is 0 Å². The molecule has 1 aliphatic heterocycles. The molecule has 2 N–H and O–H groups in total. The molecule has 0 saturated carbocycles. The molecule has 2 rings (SSSR count). The molecule has 1 saturated heterocycles. The van der Waals surface area contributed by atoms with Crippen LogP contribution >= 0.6 is 0 Å². The third-order valence-electron chi connectivity index (χ3n) is 3.01. The van der Waals surface area contributed by atoms with E-state index >= 15 is 0 Å². The Hall–Kier alpha value is -2.37. The van der Waals surface area contributed by atoms with Crippen LogP contribution < -0.4 is 5.32 Å². The molecule has 1 heterocycles. The van der Waals surface area contributed by atoms with Crippen LogP contribution in [0.5, 0.6) is 0 Å². The molecular formula is C14H15NO5. The van der Waals surface area contributed by atoms with Crippen molar-refractivity contribution in [1.82, 2.24) is 5.32 Å². The number of carboxylic acids is 1. The Morgan fingerprint density at radius 3 is 2.30 bits per heavy atom. The van der Waals surface area contributed by atoms with Crippen molar-refractivity contribution in [3.63, 3.8) is 0 Å². The Balaban J connectivity index is 1.87. The fraction of sp³-hybridized carbons (Fsp3) is 0.357. The summed E-state index contributed by atoms with van der Waals surface area (Å²) in [6.07, 6.45) is 0.611. The highest BCUT2D eigenvalue weighted by Gasteiger charge is 2.27. The molecule has 0 unspecified atom stereocenters. The highest BCUT2D eigenvalue weighted by molar-refractivity contribution is 5.86. The summed E-state index contributed by atoms with van der Waals surface area (Å²) < 4.78 is 4.76. The zero-order chi connectivity index (χ0) is 14.5. The lowest BCUT2D eigenvalue weighted by molar-refractivity contribution is -0.141. The van der Waals surface area contributed by atoms with Gasteiger partial charge in [0.1, 0.15) is 6.04 Å². The van der Waals surface area contributed by atoms with E-state index in [0.717, 1.165) is 5.56 Å². The second-order valence-corrected chi connectivity index (χ2v) is 4.64. The number of hydrogen-bond donors (Lipinski definition) is 2. The molecule has 1 amide bonds. The van der Waals surface area contributed by atoms with Crippen LogP contribution in [-0.4, -0.2) is 35.6 Å². The first-order chi connectivity index (χ1) is 9.54. The number of esters is 1. The minimum Gasteiger partial charge on any atom is -0.481 e. The predicted molar refractivity (Wildman–Crippen MR) is 69.0 cm³/mol. The van der Waals surface area contributed by atoms with Crippen LogP contribution in [0.25, 0.3) is 0 Å². The van der Waals surface area contributed by atoms with Crippen molar-refractivity contribution in [3.05, 3.63) is 35.4 Å². The van der Waals surface area contributed by atoms with E-state index in [1.165, 1.54) is 0 Å². The van der Waals surface area contributed by atoms with Gasteiger partial charge in [0.05, 0.1) is 19.4 Å². The second-order valence-electron chi connectivity index (χ2n) is 4.64. The molecule has 1 fully saturated rings. The summed E-state index contributed by atoms with van der Waals surface area (Å²) >= 11 is 0. The maximum Gasteiger partial charge on any atom is 0.328 e. The van der Waals surface area contributed by atoms with Gasteiger partial charge in [-0.3, -0.25) is 9.59 Å². The first-order valence-electron chi connectivity index (χ1n) is 6.30. The van der Waals surface area contributed by atoms with E-state index in [9.17, 15) is 14.4 Å². The number of carboxylic acid groups (broad SMARTS) is 1. The average Bonchev–Trinajstić information content (AvgIpc) is 2.77. The second kappa shape index (κ2) is 6.18. The highest BCUT2D eigenvalue weighted by Crippen LogP contribution is 2.08. The quantitative estimate of drug-likeness (QED) is 0.754. The summed E-state index contributed by atoms with van der Waals surface area (Å²) in [6, 6.07) is 6.24. The Morgan fingerprint density at radius 2 is 1.80 bits per heavy atom. The predicted octanol–water partition coefficient (Wildman–Crippen LogP) is 0.288. The first-order valence-corrected chi connectivity index (χ1v) is 6.30. The van der Waals surface area contributed by atoms with E-state index in [1.54, 1.807) is 24.3 Å². The standard InChI is InChI=1S/C14H15NO5/c16-12(15-11-5-6-20-14(11)19)7-9-1-3-10(4-2-9)8-13(17)18/h1-4,11H,5-8H2,(H,15,16)(H,17,18)/t11-/m0/s1. The van der Waals surface area contributed by atoms with Crippen molar-refractivity contribution in [2.45, 2.75) is 25.3 Å². The first kappa shape index (κ1) is 14.0. The summed E-state index contributed by atoms with van der Waals surface area (Å²) in [5.74, 6) is -1.54. The lowest BCUT2D eigenvalue weighted by Gasteiger charge is -2.09. The SMILES string of the molecule is O=C(O)Cc1ccc(CC(=O)N[C@H]2CCOC2=O)cc1. The van der Waals surface area contributed by atoms with Gasteiger partial charge in [-0.25, -0.2) is 4.79 Å². The van der Waals surface area contributed by atoms with E-state index in [-0.39, 0.29) is 18.7 Å². The largest absolute Gasteiger partial charge is 0.481 e. The number of carbonyl (C=O) groups is 3. The molecule has 106 valence electrons. The van der Waals surface area contributed by atoms with Crippen molar-refractivity contribution in [2.24, 2.45) is 0 Å². The molecule has 1 atom stereocenters. The number of cyclic esters (lactones) is 1. The molecule has 6 nitrogen and oxygen atoms in total. The third-order valence-corrected chi connectivity index (χ3v) is 3.01. The number of ether oxygens (including phenoxy) is 1. The lowest BCUT2D eigenvalue weighted by Crippen LogP contribution is -2.38. The molecule has 0 spiro atoms. The van der Waals surface area contributed by atoms with Crippen LogP contribution in [0, 0.1) is 0 Å². The Kier molecular flexibility index (Phi) is 4.34. The Labute approximate surface area is 115 Å². The van der Waals surface area contributed by atoms with E-state index in [4.69, 9.17) is 9.84 Å². The zero-order valence-electron chi connectivity index (χ0n) is 10.8. The molecule has 0 aliphatic carbocycles. The van der Waals surface area contributed by atoms with Crippen LogP contribution in [0.15, 0.2) is 24.3 Å². The van der Waals surface area contributed by atoms with E-state index in [0.29, 0.717) is 18.6 Å². The summed E-state index contributed by atoms with van der Waals surface area (Å²) in [6.45, 7) is 0.341. The number of hydrogen-bond acceptors (Lipinski definition) is 4. The monoisotopic (exact) mass is 277 g/mol. The van der Waals surface area contributed by atoms with Gasteiger partial charge < -0.3 is 15.2 Å². The van der Waals surface area contributed by atoms with E-state index in [1.807, 2.05) is 0 Å².